The van der Waals surface area contributed by atoms with Crippen molar-refractivity contribution in [2.75, 3.05) is 5.32 Å². The SMILES string of the molecule is Cc1ccc(Nc2nc3cc(C(=O)O)[nH]c3c3ccncc23)cc1. The fraction of sp³-hybridized carbons (Fsp3) is 0.0556. The summed E-state index contributed by atoms with van der Waals surface area (Å²) in [5.74, 6) is -0.367. The maximum atomic E-state index is 11.2. The Morgan fingerprint density at radius 2 is 1.96 bits per heavy atom. The summed E-state index contributed by atoms with van der Waals surface area (Å²) in [7, 11) is 0. The number of aromatic nitrogens is 3. The molecule has 3 N–H and O–H groups in total. The van der Waals surface area contributed by atoms with Gasteiger partial charge in [0.25, 0.3) is 0 Å². The van der Waals surface area contributed by atoms with Gasteiger partial charge >= 0.3 is 5.97 Å². The molecular formula is C18H14N4O2. The van der Waals surface area contributed by atoms with Crippen molar-refractivity contribution in [3.05, 3.63) is 60.0 Å². The zero-order valence-corrected chi connectivity index (χ0v) is 12.9. The maximum Gasteiger partial charge on any atom is 0.352 e. The van der Waals surface area contributed by atoms with Crippen LogP contribution in [0, 0.1) is 6.92 Å². The molecule has 118 valence electrons. The van der Waals surface area contributed by atoms with E-state index >= 15 is 0 Å². The number of rotatable bonds is 3. The van der Waals surface area contributed by atoms with Crippen LogP contribution < -0.4 is 5.32 Å². The van der Waals surface area contributed by atoms with Gasteiger partial charge in [0.1, 0.15) is 11.5 Å². The topological polar surface area (TPSA) is 90.9 Å². The normalized spacial score (nSPS) is 11.0. The molecule has 0 radical (unpaired) electrons. The number of aromatic carboxylic acids is 1. The molecule has 0 atom stereocenters. The number of carboxylic acids is 1. The van der Waals surface area contributed by atoms with Crippen molar-refractivity contribution in [3.63, 3.8) is 0 Å². The third-order valence-electron chi connectivity index (χ3n) is 3.92. The molecule has 0 aliphatic carbocycles. The molecule has 0 aliphatic heterocycles. The summed E-state index contributed by atoms with van der Waals surface area (Å²) < 4.78 is 0. The van der Waals surface area contributed by atoms with Crippen molar-refractivity contribution >= 4 is 39.3 Å². The molecule has 4 rings (SSSR count). The fourth-order valence-corrected chi connectivity index (χ4v) is 2.70. The Labute approximate surface area is 137 Å². The molecule has 0 fully saturated rings. The van der Waals surface area contributed by atoms with Gasteiger partial charge in [-0.3, -0.25) is 4.98 Å². The molecule has 0 spiro atoms. The van der Waals surface area contributed by atoms with Gasteiger partial charge in [-0.15, -0.1) is 0 Å². The van der Waals surface area contributed by atoms with E-state index in [1.165, 1.54) is 11.6 Å². The lowest BCUT2D eigenvalue weighted by Crippen LogP contribution is -1.96. The summed E-state index contributed by atoms with van der Waals surface area (Å²) in [6.07, 6.45) is 3.40. The third-order valence-corrected chi connectivity index (χ3v) is 3.92. The number of anilines is 2. The average Bonchev–Trinajstić information content (AvgIpc) is 3.02. The number of hydrogen-bond acceptors (Lipinski definition) is 4. The number of nitrogens with zero attached hydrogens (tertiary/aromatic N) is 2. The first-order valence-corrected chi connectivity index (χ1v) is 7.45. The second-order valence-electron chi connectivity index (χ2n) is 5.62. The van der Waals surface area contributed by atoms with Crippen LogP contribution in [0.2, 0.25) is 0 Å². The molecule has 0 aliphatic rings. The highest BCUT2D eigenvalue weighted by molar-refractivity contribution is 6.10. The van der Waals surface area contributed by atoms with Crippen LogP contribution in [-0.2, 0) is 0 Å². The van der Waals surface area contributed by atoms with Gasteiger partial charge in [-0.25, -0.2) is 9.78 Å². The Morgan fingerprint density at radius 1 is 1.17 bits per heavy atom. The fourth-order valence-electron chi connectivity index (χ4n) is 2.70. The zero-order valence-electron chi connectivity index (χ0n) is 12.9. The molecule has 0 bridgehead atoms. The van der Waals surface area contributed by atoms with Crippen molar-refractivity contribution in [2.45, 2.75) is 6.92 Å². The minimum absolute atomic E-state index is 0.114. The van der Waals surface area contributed by atoms with Crippen LogP contribution >= 0.6 is 0 Å². The molecule has 0 saturated heterocycles. The molecule has 6 heteroatoms. The van der Waals surface area contributed by atoms with Gasteiger partial charge < -0.3 is 15.4 Å². The summed E-state index contributed by atoms with van der Waals surface area (Å²) >= 11 is 0. The number of H-pyrrole nitrogens is 1. The lowest BCUT2D eigenvalue weighted by molar-refractivity contribution is 0.0691. The number of nitrogens with one attached hydrogen (secondary N) is 2. The van der Waals surface area contributed by atoms with E-state index in [-0.39, 0.29) is 5.69 Å². The molecule has 24 heavy (non-hydrogen) atoms. The summed E-state index contributed by atoms with van der Waals surface area (Å²) in [4.78, 5) is 22.9. The van der Waals surface area contributed by atoms with E-state index in [1.807, 2.05) is 37.3 Å². The largest absolute Gasteiger partial charge is 0.477 e. The number of pyridine rings is 2. The lowest BCUT2D eigenvalue weighted by Gasteiger charge is -2.10. The van der Waals surface area contributed by atoms with Crippen LogP contribution in [0.5, 0.6) is 0 Å². The van der Waals surface area contributed by atoms with Crippen LogP contribution in [0.15, 0.2) is 48.8 Å². The number of fused-ring (bicyclic) bond motifs is 3. The van der Waals surface area contributed by atoms with Crippen LogP contribution in [0.3, 0.4) is 0 Å². The van der Waals surface area contributed by atoms with Crippen LogP contribution in [0.4, 0.5) is 11.5 Å². The highest BCUT2D eigenvalue weighted by Gasteiger charge is 2.14. The Kier molecular flexibility index (Phi) is 3.16. The van der Waals surface area contributed by atoms with Gasteiger partial charge in [-0.05, 0) is 31.2 Å². The predicted octanol–water partition coefficient (Wildman–Crippen LogP) is 3.86. The Bertz CT molecular complexity index is 1070. The number of aryl methyl sites for hydroxylation is 1. The van der Waals surface area contributed by atoms with Gasteiger partial charge in [0.05, 0.1) is 11.0 Å². The van der Waals surface area contributed by atoms with E-state index in [0.29, 0.717) is 16.9 Å². The molecule has 3 heterocycles. The zero-order chi connectivity index (χ0) is 16.7. The number of hydrogen-bond donors (Lipinski definition) is 3. The predicted molar refractivity (Wildman–Crippen MR) is 92.8 cm³/mol. The average molecular weight is 318 g/mol. The van der Waals surface area contributed by atoms with Gasteiger partial charge in [-0.1, -0.05) is 17.7 Å². The van der Waals surface area contributed by atoms with Gasteiger partial charge in [0, 0.05) is 28.9 Å². The first-order valence-electron chi connectivity index (χ1n) is 7.45. The first-order chi connectivity index (χ1) is 11.6. The molecule has 4 aromatic rings. The van der Waals surface area contributed by atoms with E-state index in [9.17, 15) is 9.90 Å². The minimum Gasteiger partial charge on any atom is -0.477 e. The van der Waals surface area contributed by atoms with E-state index < -0.39 is 5.97 Å². The third kappa shape index (κ3) is 2.34. The summed E-state index contributed by atoms with van der Waals surface area (Å²) in [5, 5.41) is 14.2. The van der Waals surface area contributed by atoms with Crippen molar-refractivity contribution in [2.24, 2.45) is 0 Å². The van der Waals surface area contributed by atoms with E-state index in [0.717, 1.165) is 16.5 Å². The Morgan fingerprint density at radius 3 is 2.71 bits per heavy atom. The monoisotopic (exact) mass is 318 g/mol. The van der Waals surface area contributed by atoms with E-state index in [1.54, 1.807) is 12.4 Å². The summed E-state index contributed by atoms with van der Waals surface area (Å²) in [6.45, 7) is 2.03. The molecule has 0 saturated carbocycles. The Hall–Kier alpha value is -3.41. The molecule has 0 amide bonds. The molecular weight excluding hydrogens is 304 g/mol. The molecule has 6 nitrogen and oxygen atoms in total. The van der Waals surface area contributed by atoms with E-state index in [4.69, 9.17) is 0 Å². The lowest BCUT2D eigenvalue weighted by atomic mass is 10.1. The van der Waals surface area contributed by atoms with Crippen LogP contribution in [0.1, 0.15) is 16.1 Å². The first kappa shape index (κ1) is 14.2. The minimum atomic E-state index is -1.01. The maximum absolute atomic E-state index is 11.2. The second-order valence-corrected chi connectivity index (χ2v) is 5.62. The van der Waals surface area contributed by atoms with Crippen molar-refractivity contribution in [1.82, 2.24) is 15.0 Å². The summed E-state index contributed by atoms with van der Waals surface area (Å²) in [6, 6.07) is 11.4. The quantitative estimate of drug-likeness (QED) is 0.533. The number of carboxylic acid groups (broad SMARTS) is 1. The second kappa shape index (κ2) is 5.34. The smallest absolute Gasteiger partial charge is 0.352 e. The standard InChI is InChI=1S/C18H14N4O2/c1-10-2-4-11(5-3-10)20-17-13-9-19-7-6-12(13)16-14(22-17)8-15(21-16)18(23)24/h2-9,21H,1H3,(H,20,22)(H,23,24). The van der Waals surface area contributed by atoms with Crippen LogP contribution in [-0.4, -0.2) is 26.0 Å². The van der Waals surface area contributed by atoms with Crippen molar-refractivity contribution < 1.29 is 9.90 Å². The molecule has 1 aromatic carbocycles. The van der Waals surface area contributed by atoms with Gasteiger partial charge in [-0.2, -0.15) is 0 Å². The summed E-state index contributed by atoms with van der Waals surface area (Å²) in [5.41, 5.74) is 3.49. The number of aromatic amines is 1. The number of benzene rings is 1. The van der Waals surface area contributed by atoms with Gasteiger partial charge in [0.15, 0.2) is 0 Å². The number of carbonyl (C=O) groups is 1. The Balaban J connectivity index is 1.92. The molecule has 3 aromatic heterocycles. The van der Waals surface area contributed by atoms with Gasteiger partial charge in [0.2, 0.25) is 0 Å². The molecule has 0 unspecified atom stereocenters. The van der Waals surface area contributed by atoms with E-state index in [2.05, 4.69) is 20.3 Å². The highest BCUT2D eigenvalue weighted by atomic mass is 16.4. The van der Waals surface area contributed by atoms with Crippen LogP contribution in [0.25, 0.3) is 21.8 Å². The van der Waals surface area contributed by atoms with Crippen molar-refractivity contribution in [1.29, 1.82) is 0 Å². The van der Waals surface area contributed by atoms with Crippen molar-refractivity contribution in [3.8, 4) is 0 Å². The highest BCUT2D eigenvalue weighted by Crippen LogP contribution is 2.30.